The molecule has 3 aromatic carbocycles. The summed E-state index contributed by atoms with van der Waals surface area (Å²) in [5, 5.41) is 5.43. The number of amides is 2. The lowest BCUT2D eigenvalue weighted by molar-refractivity contribution is -0.120. The summed E-state index contributed by atoms with van der Waals surface area (Å²) < 4.78 is 32.8. The average Bonchev–Trinajstić information content (AvgIpc) is 2.83. The van der Waals surface area contributed by atoms with Crippen LogP contribution in [0.4, 0.5) is 5.69 Å². The van der Waals surface area contributed by atoms with Crippen molar-refractivity contribution in [3.8, 4) is 5.75 Å². The maximum atomic E-state index is 12.7. The number of hydrogen-bond donors (Lipinski definition) is 3. The van der Waals surface area contributed by atoms with E-state index in [4.69, 9.17) is 16.3 Å². The molecule has 3 N–H and O–H groups in total. The zero-order valence-corrected chi connectivity index (χ0v) is 19.2. The van der Waals surface area contributed by atoms with E-state index in [1.807, 2.05) is 12.1 Å². The van der Waals surface area contributed by atoms with Crippen LogP contribution in [0, 0.1) is 0 Å². The number of benzene rings is 3. The highest BCUT2D eigenvalue weighted by Gasteiger charge is 2.18. The maximum Gasteiger partial charge on any atom is 0.261 e. The van der Waals surface area contributed by atoms with Crippen molar-refractivity contribution < 1.29 is 22.7 Å². The largest absolute Gasteiger partial charge is 0.497 e. The average molecular weight is 488 g/mol. The molecule has 3 rings (SSSR count). The van der Waals surface area contributed by atoms with Crippen LogP contribution in [-0.4, -0.2) is 33.9 Å². The predicted molar refractivity (Wildman–Crippen MR) is 126 cm³/mol. The number of carbonyl (C=O) groups excluding carboxylic acids is 2. The van der Waals surface area contributed by atoms with Crippen molar-refractivity contribution in [2.24, 2.45) is 0 Å². The molecule has 0 aromatic heterocycles. The molecule has 0 fully saturated rings. The summed E-state index contributed by atoms with van der Waals surface area (Å²) >= 11 is 6.01. The molecule has 0 aliphatic heterocycles. The molecule has 172 valence electrons. The van der Waals surface area contributed by atoms with Gasteiger partial charge in [0.2, 0.25) is 5.91 Å². The Kier molecular flexibility index (Phi) is 7.92. The Balaban J connectivity index is 1.57. The second-order valence-electron chi connectivity index (χ2n) is 6.92. The predicted octanol–water partition coefficient (Wildman–Crippen LogP) is 3.20. The summed E-state index contributed by atoms with van der Waals surface area (Å²) in [4.78, 5) is 24.4. The van der Waals surface area contributed by atoms with Gasteiger partial charge in [-0.2, -0.15) is 0 Å². The lowest BCUT2D eigenvalue weighted by atomic mass is 10.2. The van der Waals surface area contributed by atoms with E-state index in [9.17, 15) is 18.0 Å². The van der Waals surface area contributed by atoms with Gasteiger partial charge in [-0.1, -0.05) is 41.9 Å². The van der Waals surface area contributed by atoms with Gasteiger partial charge in [-0.25, -0.2) is 8.42 Å². The van der Waals surface area contributed by atoms with E-state index in [1.54, 1.807) is 37.4 Å². The monoisotopic (exact) mass is 487 g/mol. The fraction of sp³-hybridized carbons (Fsp3) is 0.130. The zero-order valence-electron chi connectivity index (χ0n) is 17.7. The second-order valence-corrected chi connectivity index (χ2v) is 9.01. The van der Waals surface area contributed by atoms with Gasteiger partial charge in [-0.3, -0.25) is 14.3 Å². The SMILES string of the molecule is COc1ccc(CNC(=O)CNC(=O)c2cccc(S(=O)(=O)Nc3ccccc3Cl)c2)cc1. The van der Waals surface area contributed by atoms with E-state index < -0.39 is 15.9 Å². The summed E-state index contributed by atoms with van der Waals surface area (Å²) in [6.07, 6.45) is 0. The van der Waals surface area contributed by atoms with Crippen LogP contribution in [0.1, 0.15) is 15.9 Å². The van der Waals surface area contributed by atoms with Gasteiger partial charge in [0.25, 0.3) is 15.9 Å². The first-order chi connectivity index (χ1) is 15.8. The first-order valence-electron chi connectivity index (χ1n) is 9.84. The van der Waals surface area contributed by atoms with Gasteiger partial charge in [0.1, 0.15) is 5.75 Å². The maximum absolute atomic E-state index is 12.7. The lowest BCUT2D eigenvalue weighted by Gasteiger charge is -2.11. The molecule has 0 spiro atoms. The van der Waals surface area contributed by atoms with Crippen molar-refractivity contribution in [1.82, 2.24) is 10.6 Å². The molecule has 0 aliphatic carbocycles. The van der Waals surface area contributed by atoms with E-state index in [-0.39, 0.29) is 33.6 Å². The molecule has 0 bridgehead atoms. The minimum Gasteiger partial charge on any atom is -0.497 e. The summed E-state index contributed by atoms with van der Waals surface area (Å²) in [5.41, 5.74) is 1.20. The van der Waals surface area contributed by atoms with E-state index in [0.29, 0.717) is 12.3 Å². The van der Waals surface area contributed by atoms with Gasteiger partial charge in [-0.15, -0.1) is 0 Å². The van der Waals surface area contributed by atoms with Crippen molar-refractivity contribution in [3.05, 3.63) is 88.9 Å². The Labute approximate surface area is 197 Å². The van der Waals surface area contributed by atoms with Crippen molar-refractivity contribution in [2.45, 2.75) is 11.4 Å². The normalized spacial score (nSPS) is 10.8. The summed E-state index contributed by atoms with van der Waals surface area (Å²) in [7, 11) is -2.40. The third-order valence-electron chi connectivity index (χ3n) is 4.58. The number of ether oxygens (including phenoxy) is 1. The molecule has 0 saturated heterocycles. The van der Waals surface area contributed by atoms with E-state index in [1.165, 1.54) is 30.3 Å². The third kappa shape index (κ3) is 6.71. The zero-order chi connectivity index (χ0) is 23.8. The van der Waals surface area contributed by atoms with Gasteiger partial charge in [0.15, 0.2) is 0 Å². The number of anilines is 1. The number of rotatable bonds is 9. The van der Waals surface area contributed by atoms with Gasteiger partial charge >= 0.3 is 0 Å². The van der Waals surface area contributed by atoms with Crippen molar-refractivity contribution >= 4 is 39.1 Å². The van der Waals surface area contributed by atoms with Crippen molar-refractivity contribution in [2.75, 3.05) is 18.4 Å². The first kappa shape index (κ1) is 24.1. The van der Waals surface area contributed by atoms with Crippen LogP contribution in [0.15, 0.2) is 77.7 Å². The highest BCUT2D eigenvalue weighted by molar-refractivity contribution is 7.92. The number of nitrogens with one attached hydrogen (secondary N) is 3. The van der Waals surface area contributed by atoms with Crippen LogP contribution >= 0.6 is 11.6 Å². The molecule has 0 atom stereocenters. The molecular weight excluding hydrogens is 466 g/mol. The molecule has 0 aliphatic rings. The number of halogens is 1. The van der Waals surface area contributed by atoms with Crippen LogP contribution in [0.25, 0.3) is 0 Å². The van der Waals surface area contributed by atoms with E-state index >= 15 is 0 Å². The molecule has 3 aromatic rings. The van der Waals surface area contributed by atoms with E-state index in [2.05, 4.69) is 15.4 Å². The molecule has 0 unspecified atom stereocenters. The van der Waals surface area contributed by atoms with Gasteiger partial charge in [-0.05, 0) is 48.0 Å². The minimum atomic E-state index is -3.97. The fourth-order valence-corrected chi connectivity index (χ4v) is 4.19. The molecule has 0 heterocycles. The fourth-order valence-electron chi connectivity index (χ4n) is 2.82. The number of hydrogen-bond acceptors (Lipinski definition) is 5. The minimum absolute atomic E-state index is 0.0972. The van der Waals surface area contributed by atoms with Crippen molar-refractivity contribution in [3.63, 3.8) is 0 Å². The van der Waals surface area contributed by atoms with Crippen LogP contribution in [0.3, 0.4) is 0 Å². The molecular formula is C23H22ClN3O5S. The molecule has 10 heteroatoms. The highest BCUT2D eigenvalue weighted by Crippen LogP contribution is 2.24. The Bertz CT molecular complexity index is 1250. The van der Waals surface area contributed by atoms with Crippen LogP contribution in [0.5, 0.6) is 5.75 Å². The van der Waals surface area contributed by atoms with Crippen LogP contribution in [0.2, 0.25) is 5.02 Å². The molecule has 2 amide bonds. The topological polar surface area (TPSA) is 114 Å². The van der Waals surface area contributed by atoms with Gasteiger partial charge in [0.05, 0.1) is 29.3 Å². The molecule has 0 saturated carbocycles. The standard InChI is InChI=1S/C23H22ClN3O5S/c1-32-18-11-9-16(10-12-18)14-25-22(28)15-26-23(29)17-5-4-6-19(13-17)33(30,31)27-21-8-3-2-7-20(21)24/h2-13,27H,14-15H2,1H3,(H,25,28)(H,26,29). The highest BCUT2D eigenvalue weighted by atomic mass is 35.5. The molecule has 0 radical (unpaired) electrons. The van der Waals surface area contributed by atoms with Crippen molar-refractivity contribution in [1.29, 1.82) is 0 Å². The first-order valence-corrected chi connectivity index (χ1v) is 11.7. The summed E-state index contributed by atoms with van der Waals surface area (Å²) in [6.45, 7) is 0.0317. The Morgan fingerprint density at radius 3 is 2.36 bits per heavy atom. The number of carbonyl (C=O) groups is 2. The summed E-state index contributed by atoms with van der Waals surface area (Å²) in [6, 6.07) is 19.1. The van der Waals surface area contributed by atoms with Gasteiger partial charge < -0.3 is 15.4 Å². The third-order valence-corrected chi connectivity index (χ3v) is 6.28. The smallest absolute Gasteiger partial charge is 0.261 e. The summed E-state index contributed by atoms with van der Waals surface area (Å²) in [5.74, 6) is -0.253. The quantitative estimate of drug-likeness (QED) is 0.429. The Morgan fingerprint density at radius 2 is 1.67 bits per heavy atom. The number of sulfonamides is 1. The number of para-hydroxylation sites is 1. The molecule has 8 nitrogen and oxygen atoms in total. The Morgan fingerprint density at radius 1 is 0.939 bits per heavy atom. The van der Waals surface area contributed by atoms with E-state index in [0.717, 1.165) is 5.56 Å². The number of methoxy groups -OCH3 is 1. The lowest BCUT2D eigenvalue weighted by Crippen LogP contribution is -2.36. The van der Waals surface area contributed by atoms with Crippen LogP contribution < -0.4 is 20.1 Å². The van der Waals surface area contributed by atoms with Gasteiger partial charge in [0, 0.05) is 12.1 Å². The van der Waals surface area contributed by atoms with Crippen LogP contribution in [-0.2, 0) is 21.4 Å². The Hall–Kier alpha value is -3.56. The molecule has 33 heavy (non-hydrogen) atoms. The second kappa shape index (κ2) is 10.8.